The summed E-state index contributed by atoms with van der Waals surface area (Å²) in [6, 6.07) is 11.9. The Morgan fingerprint density at radius 3 is 2.86 bits per heavy atom. The second-order valence-electron chi connectivity index (χ2n) is 7.10. The number of nitrogens with one attached hydrogen (secondary N) is 1. The third-order valence-electron chi connectivity index (χ3n) is 5.10. The summed E-state index contributed by atoms with van der Waals surface area (Å²) in [7, 11) is 0. The van der Waals surface area contributed by atoms with E-state index in [9.17, 15) is 5.11 Å². The standard InChI is InChI=1S/C21H20N4O2S/c26-15-5-7-16(8-6-15)27-18-3-1-2-13-11-22-21(25-20(13)18)24-14-4-9-19-17(10-14)23-12-28-19/h1-4,9-12,15-16,26H,5-8H2,(H,22,24,25). The van der Waals surface area contributed by atoms with Gasteiger partial charge in [0.15, 0.2) is 0 Å². The number of fused-ring (bicyclic) bond motifs is 2. The molecule has 2 N–H and O–H groups in total. The van der Waals surface area contributed by atoms with Crippen LogP contribution >= 0.6 is 11.3 Å². The molecule has 0 spiro atoms. The number of anilines is 2. The Bertz CT molecular complexity index is 1120. The smallest absolute Gasteiger partial charge is 0.227 e. The lowest BCUT2D eigenvalue weighted by atomic mass is 9.95. The Balaban J connectivity index is 1.42. The van der Waals surface area contributed by atoms with Gasteiger partial charge >= 0.3 is 0 Å². The maximum absolute atomic E-state index is 9.71. The first-order chi connectivity index (χ1) is 13.7. The molecule has 2 aromatic carbocycles. The molecule has 0 unspecified atom stereocenters. The third kappa shape index (κ3) is 3.50. The fourth-order valence-corrected chi connectivity index (χ4v) is 4.25. The number of hydrogen-bond acceptors (Lipinski definition) is 7. The van der Waals surface area contributed by atoms with Gasteiger partial charge in [-0.2, -0.15) is 0 Å². The minimum Gasteiger partial charge on any atom is -0.488 e. The predicted octanol–water partition coefficient (Wildman–Crippen LogP) is 4.67. The lowest BCUT2D eigenvalue weighted by Gasteiger charge is -2.26. The summed E-state index contributed by atoms with van der Waals surface area (Å²) < 4.78 is 7.38. The van der Waals surface area contributed by atoms with E-state index >= 15 is 0 Å². The van der Waals surface area contributed by atoms with Crippen LogP contribution in [0.25, 0.3) is 21.1 Å². The predicted molar refractivity (Wildman–Crippen MR) is 111 cm³/mol. The van der Waals surface area contributed by atoms with E-state index in [1.807, 2.05) is 48.1 Å². The van der Waals surface area contributed by atoms with Gasteiger partial charge in [0.2, 0.25) is 5.95 Å². The van der Waals surface area contributed by atoms with Gasteiger partial charge in [-0.15, -0.1) is 11.3 Å². The molecule has 142 valence electrons. The maximum atomic E-state index is 9.71. The molecule has 0 aliphatic heterocycles. The van der Waals surface area contributed by atoms with Crippen LogP contribution in [0.2, 0.25) is 0 Å². The van der Waals surface area contributed by atoms with Crippen LogP contribution in [0, 0.1) is 0 Å². The van der Waals surface area contributed by atoms with Crippen molar-refractivity contribution in [3.63, 3.8) is 0 Å². The summed E-state index contributed by atoms with van der Waals surface area (Å²) in [5.74, 6) is 1.29. The number of aliphatic hydroxyl groups is 1. The van der Waals surface area contributed by atoms with Crippen molar-refractivity contribution in [2.75, 3.05) is 5.32 Å². The van der Waals surface area contributed by atoms with Crippen molar-refractivity contribution < 1.29 is 9.84 Å². The average Bonchev–Trinajstić information content (AvgIpc) is 3.18. The molecule has 2 aromatic heterocycles. The quantitative estimate of drug-likeness (QED) is 0.526. The first-order valence-corrected chi connectivity index (χ1v) is 10.3. The van der Waals surface area contributed by atoms with Crippen molar-refractivity contribution in [3.05, 3.63) is 48.1 Å². The number of thiazole rings is 1. The number of aromatic nitrogens is 3. The zero-order chi connectivity index (χ0) is 18.9. The Morgan fingerprint density at radius 2 is 1.96 bits per heavy atom. The van der Waals surface area contributed by atoms with E-state index in [-0.39, 0.29) is 12.2 Å². The highest BCUT2D eigenvalue weighted by Crippen LogP contribution is 2.30. The fourth-order valence-electron chi connectivity index (χ4n) is 3.59. The number of para-hydroxylation sites is 1. The second-order valence-corrected chi connectivity index (χ2v) is 7.98. The topological polar surface area (TPSA) is 80.2 Å². The largest absolute Gasteiger partial charge is 0.488 e. The summed E-state index contributed by atoms with van der Waals surface area (Å²) in [5.41, 5.74) is 4.49. The van der Waals surface area contributed by atoms with E-state index in [1.54, 1.807) is 11.3 Å². The van der Waals surface area contributed by atoms with E-state index in [0.29, 0.717) is 5.95 Å². The van der Waals surface area contributed by atoms with Crippen LogP contribution in [0.1, 0.15) is 25.7 Å². The van der Waals surface area contributed by atoms with E-state index < -0.39 is 0 Å². The first-order valence-electron chi connectivity index (χ1n) is 9.45. The van der Waals surface area contributed by atoms with Crippen LogP contribution in [-0.2, 0) is 0 Å². The normalized spacial score (nSPS) is 19.8. The van der Waals surface area contributed by atoms with E-state index in [1.165, 1.54) is 0 Å². The van der Waals surface area contributed by atoms with Crippen molar-refractivity contribution in [2.45, 2.75) is 37.9 Å². The van der Waals surface area contributed by atoms with Gasteiger partial charge in [0.25, 0.3) is 0 Å². The van der Waals surface area contributed by atoms with Crippen molar-refractivity contribution in [1.82, 2.24) is 15.0 Å². The number of benzene rings is 2. The zero-order valence-corrected chi connectivity index (χ0v) is 16.0. The monoisotopic (exact) mass is 392 g/mol. The van der Waals surface area contributed by atoms with Crippen molar-refractivity contribution >= 4 is 44.1 Å². The summed E-state index contributed by atoms with van der Waals surface area (Å²) in [6.07, 6.45) is 5.03. The molecule has 6 nitrogen and oxygen atoms in total. The van der Waals surface area contributed by atoms with Gasteiger partial charge in [0.05, 0.1) is 27.9 Å². The molecule has 1 fully saturated rings. The van der Waals surface area contributed by atoms with Crippen molar-refractivity contribution in [2.24, 2.45) is 0 Å². The Labute approximate surface area is 166 Å². The SMILES string of the molecule is OC1CCC(Oc2cccc3cnc(Nc4ccc5scnc5c4)nc23)CC1. The zero-order valence-electron chi connectivity index (χ0n) is 15.2. The number of hydrogen-bond donors (Lipinski definition) is 2. The van der Waals surface area contributed by atoms with Crippen LogP contribution < -0.4 is 10.1 Å². The molecule has 7 heteroatoms. The van der Waals surface area contributed by atoms with Crippen LogP contribution in [0.15, 0.2) is 48.1 Å². The average molecular weight is 392 g/mol. The highest BCUT2D eigenvalue weighted by molar-refractivity contribution is 7.16. The van der Waals surface area contributed by atoms with Crippen LogP contribution in [0.5, 0.6) is 5.75 Å². The van der Waals surface area contributed by atoms with Gasteiger partial charge in [0, 0.05) is 17.3 Å². The Morgan fingerprint density at radius 1 is 1.07 bits per heavy atom. The number of aliphatic hydroxyl groups excluding tert-OH is 1. The molecule has 0 atom stereocenters. The lowest BCUT2D eigenvalue weighted by Crippen LogP contribution is -2.26. The minimum atomic E-state index is -0.194. The third-order valence-corrected chi connectivity index (χ3v) is 5.91. The van der Waals surface area contributed by atoms with Gasteiger partial charge < -0.3 is 15.2 Å². The summed E-state index contributed by atoms with van der Waals surface area (Å²) >= 11 is 1.62. The molecular formula is C21H20N4O2S. The van der Waals surface area contributed by atoms with E-state index in [0.717, 1.165) is 58.2 Å². The number of nitrogens with zero attached hydrogens (tertiary/aromatic N) is 3. The first kappa shape index (κ1) is 17.3. The molecule has 0 saturated heterocycles. The molecule has 1 saturated carbocycles. The van der Waals surface area contributed by atoms with Gasteiger partial charge in [-0.1, -0.05) is 12.1 Å². The molecule has 0 amide bonds. The molecule has 0 radical (unpaired) electrons. The van der Waals surface area contributed by atoms with Gasteiger partial charge in [-0.3, -0.25) is 0 Å². The van der Waals surface area contributed by atoms with Crippen LogP contribution in [-0.4, -0.2) is 32.3 Å². The van der Waals surface area contributed by atoms with Gasteiger partial charge in [-0.05, 0) is 49.9 Å². The van der Waals surface area contributed by atoms with Gasteiger partial charge in [-0.25, -0.2) is 15.0 Å². The molecule has 4 aromatic rings. The lowest BCUT2D eigenvalue weighted by molar-refractivity contribution is 0.0672. The van der Waals surface area contributed by atoms with E-state index in [2.05, 4.69) is 15.3 Å². The molecule has 2 heterocycles. The van der Waals surface area contributed by atoms with E-state index in [4.69, 9.17) is 9.72 Å². The molecule has 0 bridgehead atoms. The van der Waals surface area contributed by atoms with Gasteiger partial charge in [0.1, 0.15) is 11.3 Å². The Hall–Kier alpha value is -2.77. The summed E-state index contributed by atoms with van der Waals surface area (Å²) in [6.45, 7) is 0. The molecular weight excluding hydrogens is 372 g/mol. The maximum Gasteiger partial charge on any atom is 0.227 e. The van der Waals surface area contributed by atoms with Crippen LogP contribution in [0.4, 0.5) is 11.6 Å². The molecule has 1 aliphatic carbocycles. The summed E-state index contributed by atoms with van der Waals surface area (Å²) in [4.78, 5) is 13.5. The van der Waals surface area contributed by atoms with Crippen molar-refractivity contribution in [1.29, 1.82) is 0 Å². The second kappa shape index (κ2) is 7.33. The highest BCUT2D eigenvalue weighted by Gasteiger charge is 2.21. The highest BCUT2D eigenvalue weighted by atomic mass is 32.1. The summed E-state index contributed by atoms with van der Waals surface area (Å²) in [5, 5.41) is 13.9. The minimum absolute atomic E-state index is 0.118. The van der Waals surface area contributed by atoms with Crippen molar-refractivity contribution in [3.8, 4) is 5.75 Å². The van der Waals surface area contributed by atoms with Crippen LogP contribution in [0.3, 0.4) is 0 Å². The fraction of sp³-hybridized carbons (Fsp3) is 0.286. The number of rotatable bonds is 4. The molecule has 1 aliphatic rings. The molecule has 28 heavy (non-hydrogen) atoms. The number of ether oxygens (including phenoxy) is 1. The Kier molecular flexibility index (Phi) is 4.54. The molecule has 5 rings (SSSR count).